The van der Waals surface area contributed by atoms with Crippen molar-refractivity contribution in [1.29, 1.82) is 0 Å². The van der Waals surface area contributed by atoms with Crippen LogP contribution in [0.4, 0.5) is 5.69 Å². The summed E-state index contributed by atoms with van der Waals surface area (Å²) in [4.78, 5) is 25.7. The number of methoxy groups -OCH3 is 1. The minimum absolute atomic E-state index is 0.287. The second-order valence-corrected chi connectivity index (χ2v) is 7.59. The van der Waals surface area contributed by atoms with Crippen molar-refractivity contribution >= 4 is 17.5 Å². The molecule has 2 aromatic carbocycles. The van der Waals surface area contributed by atoms with Crippen molar-refractivity contribution in [2.75, 3.05) is 19.0 Å². The summed E-state index contributed by atoms with van der Waals surface area (Å²) in [6, 6.07) is 13.8. The van der Waals surface area contributed by atoms with Crippen LogP contribution in [-0.2, 0) is 28.9 Å². The van der Waals surface area contributed by atoms with E-state index in [-0.39, 0.29) is 11.8 Å². The molecule has 2 amide bonds. The van der Waals surface area contributed by atoms with Crippen LogP contribution in [0, 0.1) is 5.41 Å². The Kier molecular flexibility index (Phi) is 7.82. The average molecular weight is 397 g/mol. The Labute approximate surface area is 173 Å². The molecule has 29 heavy (non-hydrogen) atoms. The highest BCUT2D eigenvalue weighted by Gasteiger charge is 2.36. The van der Waals surface area contributed by atoms with E-state index in [9.17, 15) is 9.59 Å². The van der Waals surface area contributed by atoms with Gasteiger partial charge in [0.25, 0.3) is 0 Å². The van der Waals surface area contributed by atoms with E-state index in [2.05, 4.69) is 24.5 Å². The Morgan fingerprint density at radius 3 is 2.17 bits per heavy atom. The Bertz CT molecular complexity index is 837. The van der Waals surface area contributed by atoms with Gasteiger partial charge in [-0.1, -0.05) is 44.2 Å². The number of amides is 2. The highest BCUT2D eigenvalue weighted by atomic mass is 16.5. The van der Waals surface area contributed by atoms with Crippen LogP contribution in [0.1, 0.15) is 44.4 Å². The normalized spacial score (nSPS) is 11.1. The fourth-order valence-corrected chi connectivity index (χ4v) is 3.15. The molecule has 0 bridgehead atoms. The van der Waals surface area contributed by atoms with E-state index in [1.165, 1.54) is 0 Å². The van der Waals surface area contributed by atoms with E-state index in [1.54, 1.807) is 21.0 Å². The second kappa shape index (κ2) is 10.1. The molecule has 2 aromatic rings. The smallest absolute Gasteiger partial charge is 0.239 e. The number of anilines is 1. The molecule has 0 aliphatic carbocycles. The first kappa shape index (κ1) is 22.5. The van der Waals surface area contributed by atoms with E-state index in [4.69, 9.17) is 4.74 Å². The zero-order valence-corrected chi connectivity index (χ0v) is 18.1. The predicted molar refractivity (Wildman–Crippen MR) is 117 cm³/mol. The van der Waals surface area contributed by atoms with Crippen molar-refractivity contribution in [1.82, 2.24) is 5.32 Å². The van der Waals surface area contributed by atoms with Crippen LogP contribution in [0.5, 0.6) is 5.75 Å². The van der Waals surface area contributed by atoms with Gasteiger partial charge in [-0.3, -0.25) is 9.59 Å². The van der Waals surface area contributed by atoms with Gasteiger partial charge in [-0.2, -0.15) is 0 Å². The lowest BCUT2D eigenvalue weighted by atomic mass is 9.90. The number of hydrogen-bond donors (Lipinski definition) is 2. The predicted octanol–water partition coefficient (Wildman–Crippen LogP) is 4.14. The van der Waals surface area contributed by atoms with Gasteiger partial charge in [0.15, 0.2) is 0 Å². The molecule has 0 aliphatic heterocycles. The van der Waals surface area contributed by atoms with Crippen LogP contribution in [-0.4, -0.2) is 25.5 Å². The molecule has 5 nitrogen and oxygen atoms in total. The van der Waals surface area contributed by atoms with Gasteiger partial charge < -0.3 is 15.4 Å². The lowest BCUT2D eigenvalue weighted by Gasteiger charge is -2.24. The van der Waals surface area contributed by atoms with Crippen LogP contribution >= 0.6 is 0 Å². The molecule has 0 radical (unpaired) electrons. The number of benzene rings is 2. The molecule has 0 aliphatic rings. The number of aryl methyl sites for hydroxylation is 2. The van der Waals surface area contributed by atoms with E-state index < -0.39 is 5.41 Å². The second-order valence-electron chi connectivity index (χ2n) is 7.59. The Hall–Kier alpha value is -2.82. The van der Waals surface area contributed by atoms with Crippen molar-refractivity contribution in [3.05, 3.63) is 59.2 Å². The van der Waals surface area contributed by atoms with Gasteiger partial charge in [0, 0.05) is 12.2 Å². The first-order valence-corrected chi connectivity index (χ1v) is 10.2. The molecule has 0 saturated heterocycles. The van der Waals surface area contributed by atoms with Crippen LogP contribution in [0.2, 0.25) is 0 Å². The van der Waals surface area contributed by atoms with Crippen molar-refractivity contribution in [3.63, 3.8) is 0 Å². The molecule has 0 atom stereocenters. The summed E-state index contributed by atoms with van der Waals surface area (Å²) >= 11 is 0. The Morgan fingerprint density at radius 1 is 0.966 bits per heavy atom. The van der Waals surface area contributed by atoms with E-state index in [1.807, 2.05) is 42.5 Å². The fourth-order valence-electron chi connectivity index (χ4n) is 3.15. The zero-order chi connectivity index (χ0) is 21.4. The summed E-state index contributed by atoms with van der Waals surface area (Å²) in [5.41, 5.74) is 2.87. The number of ether oxygens (including phenoxy) is 1. The zero-order valence-electron chi connectivity index (χ0n) is 18.1. The van der Waals surface area contributed by atoms with Crippen LogP contribution < -0.4 is 15.4 Å². The largest absolute Gasteiger partial charge is 0.497 e. The number of carbonyl (C=O) groups excluding carboxylic acids is 2. The molecule has 5 heteroatoms. The summed E-state index contributed by atoms with van der Waals surface area (Å²) in [5.74, 6) is 0.201. The van der Waals surface area contributed by atoms with Crippen molar-refractivity contribution in [2.45, 2.75) is 47.0 Å². The number of nitrogens with one attached hydrogen (secondary N) is 2. The topological polar surface area (TPSA) is 67.4 Å². The number of carbonyl (C=O) groups is 2. The lowest BCUT2D eigenvalue weighted by Crippen LogP contribution is -2.45. The van der Waals surface area contributed by atoms with Gasteiger partial charge in [-0.05, 0) is 61.9 Å². The molecular formula is C24H32N2O3. The molecule has 0 fully saturated rings. The molecule has 156 valence electrons. The third-order valence-electron chi connectivity index (χ3n) is 5.21. The van der Waals surface area contributed by atoms with Crippen LogP contribution in [0.15, 0.2) is 42.5 Å². The van der Waals surface area contributed by atoms with E-state index in [0.29, 0.717) is 13.0 Å². The molecule has 0 saturated carbocycles. The van der Waals surface area contributed by atoms with Crippen molar-refractivity contribution in [2.24, 2.45) is 5.41 Å². The molecule has 2 rings (SSSR count). The van der Waals surface area contributed by atoms with E-state index >= 15 is 0 Å². The summed E-state index contributed by atoms with van der Waals surface area (Å²) in [6.45, 7) is 7.88. The summed E-state index contributed by atoms with van der Waals surface area (Å²) in [5, 5.41) is 5.90. The number of hydrogen-bond acceptors (Lipinski definition) is 3. The molecule has 0 heterocycles. The number of rotatable bonds is 9. The first-order chi connectivity index (χ1) is 13.8. The maximum atomic E-state index is 12.9. The standard InChI is InChI=1S/C24H32N2O3/c1-6-18-11-9-12-19(7-2)21(18)26-23(28)24(3,4)22(27)25-15-14-17-10-8-13-20(16-17)29-5/h8-13,16H,6-7,14-15H2,1-5H3,(H,25,27)(H,26,28). The van der Waals surface area contributed by atoms with Crippen molar-refractivity contribution < 1.29 is 14.3 Å². The van der Waals surface area contributed by atoms with Crippen molar-refractivity contribution in [3.8, 4) is 5.75 Å². The van der Waals surface area contributed by atoms with Gasteiger partial charge in [-0.15, -0.1) is 0 Å². The van der Waals surface area contributed by atoms with Crippen LogP contribution in [0.25, 0.3) is 0 Å². The first-order valence-electron chi connectivity index (χ1n) is 10.2. The van der Waals surface area contributed by atoms with E-state index in [0.717, 1.165) is 41.0 Å². The monoisotopic (exact) mass is 396 g/mol. The Balaban J connectivity index is 2.01. The highest BCUT2D eigenvalue weighted by molar-refractivity contribution is 6.10. The van der Waals surface area contributed by atoms with Gasteiger partial charge >= 0.3 is 0 Å². The van der Waals surface area contributed by atoms with Gasteiger partial charge in [0.2, 0.25) is 11.8 Å². The van der Waals surface area contributed by atoms with Crippen LogP contribution in [0.3, 0.4) is 0 Å². The summed E-state index contributed by atoms with van der Waals surface area (Å²) in [7, 11) is 1.63. The van der Waals surface area contributed by atoms with Gasteiger partial charge in [0.1, 0.15) is 11.2 Å². The maximum absolute atomic E-state index is 12.9. The molecule has 0 spiro atoms. The molecule has 2 N–H and O–H groups in total. The average Bonchev–Trinajstić information content (AvgIpc) is 2.73. The van der Waals surface area contributed by atoms with Gasteiger partial charge in [0.05, 0.1) is 7.11 Å². The summed E-state index contributed by atoms with van der Waals surface area (Å²) < 4.78 is 5.22. The minimum atomic E-state index is -1.18. The third kappa shape index (κ3) is 5.59. The fraction of sp³-hybridized carbons (Fsp3) is 0.417. The SMILES string of the molecule is CCc1cccc(CC)c1NC(=O)C(C)(C)C(=O)NCCc1cccc(OC)c1. The molecule has 0 aromatic heterocycles. The van der Waals surface area contributed by atoms with Gasteiger partial charge in [-0.25, -0.2) is 0 Å². The molecular weight excluding hydrogens is 364 g/mol. The molecule has 0 unspecified atom stereocenters. The maximum Gasteiger partial charge on any atom is 0.239 e. The highest BCUT2D eigenvalue weighted by Crippen LogP contribution is 2.26. The minimum Gasteiger partial charge on any atom is -0.497 e. The quantitative estimate of drug-likeness (QED) is 0.626. The summed E-state index contributed by atoms with van der Waals surface area (Å²) in [6.07, 6.45) is 2.30. The Morgan fingerprint density at radius 2 is 1.59 bits per heavy atom. The lowest BCUT2D eigenvalue weighted by molar-refractivity contribution is -0.138. The third-order valence-corrected chi connectivity index (χ3v) is 5.21. The number of para-hydroxylation sites is 1.